The van der Waals surface area contributed by atoms with Crippen molar-refractivity contribution in [3.63, 3.8) is 0 Å². The number of benzene rings is 1. The van der Waals surface area contributed by atoms with Gasteiger partial charge in [0.2, 0.25) is 5.91 Å². The van der Waals surface area contributed by atoms with E-state index in [0.29, 0.717) is 30.2 Å². The Morgan fingerprint density at radius 3 is 2.58 bits per heavy atom. The predicted molar refractivity (Wildman–Crippen MR) is 139 cm³/mol. The molecule has 1 N–H and O–H groups in total. The third-order valence-corrected chi connectivity index (χ3v) is 7.45. The van der Waals surface area contributed by atoms with Crippen LogP contribution in [0.3, 0.4) is 0 Å². The fourth-order valence-electron chi connectivity index (χ4n) is 4.78. The van der Waals surface area contributed by atoms with E-state index in [0.717, 1.165) is 32.4 Å². The Morgan fingerprint density at radius 2 is 1.92 bits per heavy atom. The van der Waals surface area contributed by atoms with Gasteiger partial charge in [0.15, 0.2) is 0 Å². The maximum absolute atomic E-state index is 13.4. The highest BCUT2D eigenvalue weighted by atomic mass is 16.5. The molecule has 0 spiro atoms. The largest absolute Gasteiger partial charge is 0.491 e. The van der Waals surface area contributed by atoms with Crippen molar-refractivity contribution in [1.82, 2.24) is 14.8 Å². The van der Waals surface area contributed by atoms with Gasteiger partial charge in [-0.3, -0.25) is 19.5 Å². The molecule has 1 aliphatic heterocycles. The summed E-state index contributed by atoms with van der Waals surface area (Å²) in [6.07, 6.45) is 6.47. The molecule has 1 aromatic carbocycles. The zero-order valence-corrected chi connectivity index (χ0v) is 21.8. The van der Waals surface area contributed by atoms with Gasteiger partial charge in [-0.2, -0.15) is 0 Å². The summed E-state index contributed by atoms with van der Waals surface area (Å²) in [6, 6.07) is 9.45. The van der Waals surface area contributed by atoms with E-state index in [1.807, 2.05) is 24.5 Å². The monoisotopic (exact) mass is 494 g/mol. The maximum Gasteiger partial charge on any atom is 0.257 e. The molecule has 4 rings (SSSR count). The van der Waals surface area contributed by atoms with E-state index in [9.17, 15) is 9.59 Å². The highest BCUT2D eigenvalue weighted by Crippen LogP contribution is 2.30. The highest BCUT2D eigenvalue weighted by Gasteiger charge is 2.29. The molecule has 8 nitrogen and oxygen atoms in total. The van der Waals surface area contributed by atoms with Gasteiger partial charge in [0, 0.05) is 69.9 Å². The molecule has 194 valence electrons. The molecule has 2 aliphatic rings. The van der Waals surface area contributed by atoms with Gasteiger partial charge in [-0.1, -0.05) is 13.3 Å². The van der Waals surface area contributed by atoms with Crippen LogP contribution in [0.1, 0.15) is 49.0 Å². The van der Waals surface area contributed by atoms with Crippen molar-refractivity contribution >= 4 is 17.5 Å². The van der Waals surface area contributed by atoms with Gasteiger partial charge < -0.3 is 19.7 Å². The maximum atomic E-state index is 13.4. The number of methoxy groups -OCH3 is 1. The number of nitrogens with zero attached hydrogens (tertiary/aromatic N) is 3. The van der Waals surface area contributed by atoms with E-state index < -0.39 is 0 Å². The topological polar surface area (TPSA) is 84.0 Å². The van der Waals surface area contributed by atoms with Gasteiger partial charge in [-0.15, -0.1) is 0 Å². The van der Waals surface area contributed by atoms with Gasteiger partial charge >= 0.3 is 0 Å². The van der Waals surface area contributed by atoms with E-state index >= 15 is 0 Å². The minimum absolute atomic E-state index is 0.0339. The fraction of sp³-hybridized carbons (Fsp3) is 0.536. The van der Waals surface area contributed by atoms with Crippen molar-refractivity contribution in [2.45, 2.75) is 51.8 Å². The smallest absolute Gasteiger partial charge is 0.257 e. The highest BCUT2D eigenvalue weighted by molar-refractivity contribution is 5.99. The number of anilines is 1. The molecule has 2 aromatic rings. The molecule has 36 heavy (non-hydrogen) atoms. The first-order valence-corrected chi connectivity index (χ1v) is 12.8. The average Bonchev–Trinajstić information content (AvgIpc) is 2.83. The van der Waals surface area contributed by atoms with Crippen molar-refractivity contribution in [3.05, 3.63) is 53.9 Å². The Morgan fingerprint density at radius 1 is 1.17 bits per heavy atom. The van der Waals surface area contributed by atoms with Gasteiger partial charge in [0.25, 0.3) is 5.91 Å². The Kier molecular flexibility index (Phi) is 8.59. The molecule has 0 saturated heterocycles. The summed E-state index contributed by atoms with van der Waals surface area (Å²) in [4.78, 5) is 34.1. The number of carbonyl (C=O) groups excluding carboxylic acids is 2. The number of carbonyl (C=O) groups is 2. The van der Waals surface area contributed by atoms with Gasteiger partial charge in [-0.05, 0) is 55.5 Å². The summed E-state index contributed by atoms with van der Waals surface area (Å²) >= 11 is 0. The Hall–Kier alpha value is -2.97. The third kappa shape index (κ3) is 6.23. The van der Waals surface area contributed by atoms with Crippen LogP contribution in [0.15, 0.2) is 42.7 Å². The molecule has 0 radical (unpaired) electrons. The minimum atomic E-state index is -0.127. The van der Waals surface area contributed by atoms with Crippen molar-refractivity contribution in [2.75, 3.05) is 39.2 Å². The van der Waals surface area contributed by atoms with Gasteiger partial charge in [-0.25, -0.2) is 0 Å². The van der Waals surface area contributed by atoms with Crippen LogP contribution in [0.4, 0.5) is 5.69 Å². The number of nitrogens with one attached hydrogen (secondary N) is 1. The lowest BCUT2D eigenvalue weighted by Crippen LogP contribution is -2.46. The lowest BCUT2D eigenvalue weighted by Gasteiger charge is -2.36. The van der Waals surface area contributed by atoms with E-state index in [1.165, 1.54) is 5.56 Å². The molecule has 1 aliphatic carbocycles. The summed E-state index contributed by atoms with van der Waals surface area (Å²) < 4.78 is 12.1. The second-order valence-corrected chi connectivity index (χ2v) is 10.2. The predicted octanol–water partition coefficient (Wildman–Crippen LogP) is 3.83. The van der Waals surface area contributed by atoms with E-state index in [2.05, 4.69) is 29.0 Å². The molecule has 0 bridgehead atoms. The van der Waals surface area contributed by atoms with Crippen LogP contribution in [-0.4, -0.2) is 72.6 Å². The first kappa shape index (κ1) is 26.1. The average molecular weight is 495 g/mol. The van der Waals surface area contributed by atoms with E-state index in [-0.39, 0.29) is 35.8 Å². The number of hydrogen-bond acceptors (Lipinski definition) is 6. The molecule has 8 heteroatoms. The molecule has 1 saturated carbocycles. The van der Waals surface area contributed by atoms with E-state index in [4.69, 9.17) is 9.47 Å². The zero-order valence-electron chi connectivity index (χ0n) is 21.8. The Balaban J connectivity index is 1.61. The Bertz CT molecular complexity index is 1040. The number of fused-ring (bicyclic) bond motifs is 1. The molecular formula is C28H38N4O4. The molecule has 2 amide bonds. The van der Waals surface area contributed by atoms with E-state index in [1.54, 1.807) is 37.3 Å². The molecule has 2 heterocycles. The normalized spacial score (nSPS) is 24.1. The van der Waals surface area contributed by atoms with Crippen LogP contribution < -0.4 is 10.1 Å². The number of likely N-dealkylation sites (N-methyl/N-ethyl adjacent to an activating group) is 1. The second kappa shape index (κ2) is 11.8. The van der Waals surface area contributed by atoms with Crippen LogP contribution in [0.25, 0.3) is 0 Å². The summed E-state index contributed by atoms with van der Waals surface area (Å²) in [5.74, 6) is 0.660. The van der Waals surface area contributed by atoms with Crippen molar-refractivity contribution in [3.8, 4) is 5.75 Å². The summed E-state index contributed by atoms with van der Waals surface area (Å²) in [6.45, 7) is 6.71. The number of amides is 2. The van der Waals surface area contributed by atoms with Crippen molar-refractivity contribution in [1.29, 1.82) is 0 Å². The lowest BCUT2D eigenvalue weighted by atomic mass is 9.85. The minimum Gasteiger partial charge on any atom is -0.491 e. The number of hydrogen-bond donors (Lipinski definition) is 1. The molecule has 1 aromatic heterocycles. The van der Waals surface area contributed by atoms with Crippen molar-refractivity contribution in [2.24, 2.45) is 11.8 Å². The van der Waals surface area contributed by atoms with Crippen LogP contribution >= 0.6 is 0 Å². The standard InChI is InChI=1S/C28H38N4O4/c1-19-15-32(16-21-10-12-29-13-11-21)20(2)18-36-25-14-23(30-27(33)22-6-5-7-22)8-9-24(25)28(34)31(3)17-26(19)35-4/h8-14,19-20,22,26H,5-7,15-18H2,1-4H3,(H,30,33)/t19-,20-,26+/m1/s1. The summed E-state index contributed by atoms with van der Waals surface area (Å²) in [5, 5.41) is 3.00. The lowest BCUT2D eigenvalue weighted by molar-refractivity contribution is -0.122. The number of aromatic nitrogens is 1. The van der Waals surface area contributed by atoms with Crippen LogP contribution in [0, 0.1) is 11.8 Å². The Labute approximate surface area is 214 Å². The summed E-state index contributed by atoms with van der Waals surface area (Å²) in [7, 11) is 3.50. The molecule has 0 unspecified atom stereocenters. The van der Waals surface area contributed by atoms with Crippen LogP contribution in [-0.2, 0) is 16.1 Å². The number of rotatable bonds is 5. The molecular weight excluding hydrogens is 456 g/mol. The van der Waals surface area contributed by atoms with Gasteiger partial charge in [0.05, 0.1) is 11.7 Å². The third-order valence-electron chi connectivity index (χ3n) is 7.45. The van der Waals surface area contributed by atoms with Gasteiger partial charge in [0.1, 0.15) is 12.4 Å². The van der Waals surface area contributed by atoms with Crippen LogP contribution in [0.5, 0.6) is 5.75 Å². The summed E-state index contributed by atoms with van der Waals surface area (Å²) in [5.41, 5.74) is 2.31. The second-order valence-electron chi connectivity index (χ2n) is 10.2. The van der Waals surface area contributed by atoms with Crippen LogP contribution in [0.2, 0.25) is 0 Å². The number of pyridine rings is 1. The number of ether oxygens (including phenoxy) is 2. The fourth-order valence-corrected chi connectivity index (χ4v) is 4.78. The molecule has 1 fully saturated rings. The zero-order chi connectivity index (χ0) is 25.7. The molecule has 3 atom stereocenters. The SMILES string of the molecule is CO[C@H]1CN(C)C(=O)c2ccc(NC(=O)C3CCC3)cc2OC[C@@H](C)N(Cc2ccncc2)C[C@H]1C. The van der Waals surface area contributed by atoms with Crippen molar-refractivity contribution < 1.29 is 19.1 Å². The first-order chi connectivity index (χ1) is 17.4. The first-order valence-electron chi connectivity index (χ1n) is 12.8. The quantitative estimate of drug-likeness (QED) is 0.680.